The predicted octanol–water partition coefficient (Wildman–Crippen LogP) is 3.38. The van der Waals surface area contributed by atoms with Crippen LogP contribution in [0.25, 0.3) is 6.08 Å². The zero-order chi connectivity index (χ0) is 13.1. The van der Waals surface area contributed by atoms with Gasteiger partial charge in [-0.3, -0.25) is 4.79 Å². The highest BCUT2D eigenvalue weighted by molar-refractivity contribution is 5.95. The van der Waals surface area contributed by atoms with E-state index in [1.165, 1.54) is 11.1 Å². The lowest BCUT2D eigenvalue weighted by Crippen LogP contribution is -2.11. The third kappa shape index (κ3) is 2.73. The SMILES string of the molecule is C=C1CCC(c2ccoc2/C=C(\C)C(N)=O)CC1. The lowest BCUT2D eigenvalue weighted by molar-refractivity contribution is -0.114. The van der Waals surface area contributed by atoms with Crippen LogP contribution in [-0.2, 0) is 4.79 Å². The van der Waals surface area contributed by atoms with Crippen LogP contribution in [0.1, 0.15) is 49.8 Å². The lowest BCUT2D eigenvalue weighted by atomic mass is 9.82. The molecule has 1 saturated carbocycles. The lowest BCUT2D eigenvalue weighted by Gasteiger charge is -2.22. The number of carbonyl (C=O) groups excluding carboxylic acids is 1. The van der Waals surface area contributed by atoms with Gasteiger partial charge in [0.25, 0.3) is 0 Å². The molecule has 1 heterocycles. The Bertz CT molecular complexity index is 486. The van der Waals surface area contributed by atoms with E-state index in [0.717, 1.165) is 31.4 Å². The average molecular weight is 245 g/mol. The molecule has 1 aromatic heterocycles. The predicted molar refractivity (Wildman–Crippen MR) is 71.9 cm³/mol. The summed E-state index contributed by atoms with van der Waals surface area (Å²) in [5, 5.41) is 0. The molecule has 1 aliphatic carbocycles. The van der Waals surface area contributed by atoms with Crippen molar-refractivity contribution in [3.8, 4) is 0 Å². The van der Waals surface area contributed by atoms with Gasteiger partial charge in [0.05, 0.1) is 6.26 Å². The van der Waals surface area contributed by atoms with E-state index in [4.69, 9.17) is 10.2 Å². The van der Waals surface area contributed by atoms with Crippen molar-refractivity contribution in [1.82, 2.24) is 0 Å². The highest BCUT2D eigenvalue weighted by Gasteiger charge is 2.21. The molecule has 0 spiro atoms. The summed E-state index contributed by atoms with van der Waals surface area (Å²) in [5.74, 6) is 0.861. The van der Waals surface area contributed by atoms with Gasteiger partial charge >= 0.3 is 0 Å². The molecule has 18 heavy (non-hydrogen) atoms. The van der Waals surface area contributed by atoms with Crippen LogP contribution in [-0.4, -0.2) is 5.91 Å². The molecule has 2 rings (SSSR count). The average Bonchev–Trinajstić information content (AvgIpc) is 2.78. The zero-order valence-corrected chi connectivity index (χ0v) is 10.7. The Balaban J connectivity index is 2.20. The maximum atomic E-state index is 11.1. The van der Waals surface area contributed by atoms with E-state index in [-0.39, 0.29) is 0 Å². The number of furan rings is 1. The minimum atomic E-state index is -0.408. The van der Waals surface area contributed by atoms with E-state index < -0.39 is 5.91 Å². The molecule has 0 bridgehead atoms. The van der Waals surface area contributed by atoms with Crippen molar-refractivity contribution in [1.29, 1.82) is 0 Å². The first-order chi connectivity index (χ1) is 8.58. The second-order valence-corrected chi connectivity index (χ2v) is 4.96. The molecule has 0 saturated heterocycles. The summed E-state index contributed by atoms with van der Waals surface area (Å²) >= 11 is 0. The highest BCUT2D eigenvalue weighted by atomic mass is 16.3. The van der Waals surface area contributed by atoms with E-state index in [9.17, 15) is 4.79 Å². The van der Waals surface area contributed by atoms with Crippen molar-refractivity contribution in [3.63, 3.8) is 0 Å². The third-order valence-corrected chi connectivity index (χ3v) is 3.60. The largest absolute Gasteiger partial charge is 0.465 e. The molecular formula is C15H19NO2. The molecule has 0 aromatic carbocycles. The van der Waals surface area contributed by atoms with Crippen LogP contribution in [0.4, 0.5) is 0 Å². The Morgan fingerprint density at radius 1 is 1.50 bits per heavy atom. The minimum absolute atomic E-state index is 0.408. The molecule has 1 aliphatic rings. The maximum Gasteiger partial charge on any atom is 0.244 e. The van der Waals surface area contributed by atoms with E-state index >= 15 is 0 Å². The molecule has 2 N–H and O–H groups in total. The van der Waals surface area contributed by atoms with Crippen LogP contribution >= 0.6 is 0 Å². The van der Waals surface area contributed by atoms with Crippen LogP contribution in [0, 0.1) is 0 Å². The number of rotatable bonds is 3. The summed E-state index contributed by atoms with van der Waals surface area (Å²) < 4.78 is 5.46. The first kappa shape index (κ1) is 12.7. The standard InChI is InChI=1S/C15H19NO2/c1-10-3-5-12(6-4-10)13-7-8-18-14(13)9-11(2)15(16)17/h7-9,12H,1,3-6H2,2H3,(H2,16,17)/b11-9+. The fourth-order valence-corrected chi connectivity index (χ4v) is 2.39. The van der Waals surface area contributed by atoms with Gasteiger partial charge in [-0.15, -0.1) is 0 Å². The van der Waals surface area contributed by atoms with E-state index in [0.29, 0.717) is 11.5 Å². The molecule has 0 unspecified atom stereocenters. The maximum absolute atomic E-state index is 11.1. The number of hydrogen-bond donors (Lipinski definition) is 1. The molecule has 0 aliphatic heterocycles. The van der Waals surface area contributed by atoms with E-state index in [2.05, 4.69) is 6.58 Å². The Kier molecular flexibility index (Phi) is 3.70. The molecule has 96 valence electrons. The molecule has 1 amide bonds. The third-order valence-electron chi connectivity index (χ3n) is 3.60. The van der Waals surface area contributed by atoms with Gasteiger partial charge in [-0.25, -0.2) is 0 Å². The van der Waals surface area contributed by atoms with Crippen LogP contribution < -0.4 is 5.73 Å². The van der Waals surface area contributed by atoms with Gasteiger partial charge in [-0.1, -0.05) is 12.2 Å². The van der Waals surface area contributed by atoms with Crippen molar-refractivity contribution in [2.75, 3.05) is 0 Å². The van der Waals surface area contributed by atoms with E-state index in [1.54, 1.807) is 19.3 Å². The van der Waals surface area contributed by atoms with Gasteiger partial charge in [-0.2, -0.15) is 0 Å². The van der Waals surface area contributed by atoms with Gasteiger partial charge < -0.3 is 10.2 Å². The zero-order valence-electron chi connectivity index (χ0n) is 10.7. The Morgan fingerprint density at radius 2 is 2.17 bits per heavy atom. The minimum Gasteiger partial charge on any atom is -0.465 e. The van der Waals surface area contributed by atoms with Crippen molar-refractivity contribution in [3.05, 3.63) is 41.4 Å². The second-order valence-electron chi connectivity index (χ2n) is 4.96. The molecule has 1 fully saturated rings. The van der Waals surface area contributed by atoms with Crippen molar-refractivity contribution >= 4 is 12.0 Å². The van der Waals surface area contributed by atoms with Gasteiger partial charge in [-0.05, 0) is 50.7 Å². The van der Waals surface area contributed by atoms with Gasteiger partial charge in [0.15, 0.2) is 0 Å². The highest BCUT2D eigenvalue weighted by Crippen LogP contribution is 2.37. The van der Waals surface area contributed by atoms with Crippen molar-refractivity contribution in [2.24, 2.45) is 5.73 Å². The van der Waals surface area contributed by atoms with Gasteiger partial charge in [0.1, 0.15) is 5.76 Å². The smallest absolute Gasteiger partial charge is 0.244 e. The summed E-state index contributed by atoms with van der Waals surface area (Å²) in [6, 6.07) is 2.00. The number of amides is 1. The number of carbonyl (C=O) groups is 1. The van der Waals surface area contributed by atoms with Crippen LogP contribution in [0.5, 0.6) is 0 Å². The first-order valence-corrected chi connectivity index (χ1v) is 6.30. The van der Waals surface area contributed by atoms with Crippen molar-refractivity contribution < 1.29 is 9.21 Å². The normalized spacial score (nSPS) is 18.1. The first-order valence-electron chi connectivity index (χ1n) is 6.30. The second kappa shape index (κ2) is 5.25. The number of allylic oxidation sites excluding steroid dienone is 1. The summed E-state index contributed by atoms with van der Waals surface area (Å²) in [5.41, 5.74) is 8.28. The van der Waals surface area contributed by atoms with Crippen LogP contribution in [0.3, 0.4) is 0 Å². The van der Waals surface area contributed by atoms with E-state index in [1.807, 2.05) is 6.07 Å². The number of nitrogens with two attached hydrogens (primary N) is 1. The Morgan fingerprint density at radius 3 is 2.78 bits per heavy atom. The number of primary amides is 1. The molecule has 1 aromatic rings. The van der Waals surface area contributed by atoms with Crippen molar-refractivity contribution in [2.45, 2.75) is 38.5 Å². The van der Waals surface area contributed by atoms with Gasteiger partial charge in [0.2, 0.25) is 5.91 Å². The van der Waals surface area contributed by atoms with Gasteiger partial charge in [0, 0.05) is 11.1 Å². The topological polar surface area (TPSA) is 56.2 Å². The summed E-state index contributed by atoms with van der Waals surface area (Å²) in [4.78, 5) is 11.1. The molecule has 3 heteroatoms. The monoisotopic (exact) mass is 245 g/mol. The molecule has 3 nitrogen and oxygen atoms in total. The summed E-state index contributed by atoms with van der Waals surface area (Å²) in [6.07, 6.45) is 7.78. The fraction of sp³-hybridized carbons (Fsp3) is 0.400. The quantitative estimate of drug-likeness (QED) is 0.655. The molecular weight excluding hydrogens is 226 g/mol. The Labute approximate surface area is 107 Å². The number of hydrogen-bond acceptors (Lipinski definition) is 2. The molecule has 0 atom stereocenters. The van der Waals surface area contributed by atoms with Crippen LogP contribution in [0.15, 0.2) is 34.5 Å². The summed E-state index contributed by atoms with van der Waals surface area (Å²) in [7, 11) is 0. The van der Waals surface area contributed by atoms with Crippen LogP contribution in [0.2, 0.25) is 0 Å². The Hall–Kier alpha value is -1.77. The fourth-order valence-electron chi connectivity index (χ4n) is 2.39. The summed E-state index contributed by atoms with van der Waals surface area (Å²) in [6.45, 7) is 5.73. The molecule has 0 radical (unpaired) electrons.